The van der Waals surface area contributed by atoms with Crippen LogP contribution in [-0.2, 0) is 0 Å². The van der Waals surface area contributed by atoms with E-state index in [9.17, 15) is 0 Å². The van der Waals surface area contributed by atoms with Gasteiger partial charge in [-0.15, -0.1) is 4.98 Å². The highest BCUT2D eigenvalue weighted by Crippen LogP contribution is 2.22. The SMILES string of the molecule is CCCOc1nc(NCC)nc(Oc2ccc(Br)cc2)n1. The van der Waals surface area contributed by atoms with Crippen LogP contribution in [0.25, 0.3) is 0 Å². The molecular weight excluding hydrogens is 336 g/mol. The van der Waals surface area contributed by atoms with Gasteiger partial charge in [0.15, 0.2) is 0 Å². The Balaban J connectivity index is 2.19. The molecule has 1 N–H and O–H groups in total. The van der Waals surface area contributed by atoms with Gasteiger partial charge in [-0.2, -0.15) is 9.97 Å². The van der Waals surface area contributed by atoms with E-state index in [1.165, 1.54) is 0 Å². The molecule has 0 atom stereocenters. The second kappa shape index (κ2) is 7.78. The van der Waals surface area contributed by atoms with E-state index in [1.54, 1.807) is 0 Å². The number of nitrogens with one attached hydrogen (secondary N) is 1. The quantitative estimate of drug-likeness (QED) is 0.820. The summed E-state index contributed by atoms with van der Waals surface area (Å²) in [5.41, 5.74) is 0. The Morgan fingerprint density at radius 1 is 1.05 bits per heavy atom. The molecular formula is C14H17BrN4O2. The van der Waals surface area contributed by atoms with E-state index in [-0.39, 0.29) is 12.0 Å². The summed E-state index contributed by atoms with van der Waals surface area (Å²) in [5, 5.41) is 3.03. The van der Waals surface area contributed by atoms with Crippen LogP contribution >= 0.6 is 15.9 Å². The number of hydrogen-bond acceptors (Lipinski definition) is 6. The molecule has 0 bridgehead atoms. The van der Waals surface area contributed by atoms with Gasteiger partial charge >= 0.3 is 12.0 Å². The fourth-order valence-corrected chi connectivity index (χ4v) is 1.75. The maximum Gasteiger partial charge on any atom is 0.330 e. The summed E-state index contributed by atoms with van der Waals surface area (Å²) >= 11 is 3.38. The largest absolute Gasteiger partial charge is 0.463 e. The zero-order valence-electron chi connectivity index (χ0n) is 12.0. The topological polar surface area (TPSA) is 69.2 Å². The molecule has 0 saturated carbocycles. The van der Waals surface area contributed by atoms with Crippen molar-refractivity contribution in [2.24, 2.45) is 0 Å². The number of rotatable bonds is 7. The fraction of sp³-hybridized carbons (Fsp3) is 0.357. The monoisotopic (exact) mass is 352 g/mol. The molecule has 0 saturated heterocycles. The normalized spacial score (nSPS) is 10.2. The van der Waals surface area contributed by atoms with Gasteiger partial charge in [-0.3, -0.25) is 0 Å². The standard InChI is InChI=1S/C14H17BrN4O2/c1-3-9-20-13-17-12(16-4-2)18-14(19-13)21-11-7-5-10(15)6-8-11/h5-8H,3-4,9H2,1-2H3,(H,16,17,18,19). The van der Waals surface area contributed by atoms with Crippen molar-refractivity contribution in [3.8, 4) is 17.8 Å². The third-order valence-electron chi connectivity index (χ3n) is 2.39. The molecule has 2 rings (SSSR count). The van der Waals surface area contributed by atoms with Gasteiger partial charge in [0.05, 0.1) is 6.61 Å². The van der Waals surface area contributed by atoms with Gasteiger partial charge < -0.3 is 14.8 Å². The molecule has 0 spiro atoms. The van der Waals surface area contributed by atoms with Crippen LogP contribution in [0.5, 0.6) is 17.8 Å². The number of nitrogens with zero attached hydrogens (tertiary/aromatic N) is 3. The highest BCUT2D eigenvalue weighted by molar-refractivity contribution is 9.10. The second-order valence-electron chi connectivity index (χ2n) is 4.16. The Morgan fingerprint density at radius 3 is 2.43 bits per heavy atom. The van der Waals surface area contributed by atoms with Crippen LogP contribution < -0.4 is 14.8 Å². The van der Waals surface area contributed by atoms with Crippen LogP contribution in [0.3, 0.4) is 0 Å². The van der Waals surface area contributed by atoms with Gasteiger partial charge in [0.2, 0.25) is 5.95 Å². The first-order chi connectivity index (χ1) is 10.2. The Hall–Kier alpha value is -1.89. The van der Waals surface area contributed by atoms with Crippen LogP contribution in [0.2, 0.25) is 0 Å². The van der Waals surface area contributed by atoms with Crippen molar-refractivity contribution in [3.05, 3.63) is 28.7 Å². The minimum atomic E-state index is 0.203. The van der Waals surface area contributed by atoms with E-state index in [4.69, 9.17) is 9.47 Å². The molecule has 0 aliphatic carbocycles. The van der Waals surface area contributed by atoms with Gasteiger partial charge in [-0.25, -0.2) is 0 Å². The lowest BCUT2D eigenvalue weighted by Crippen LogP contribution is -2.08. The maximum atomic E-state index is 5.64. The molecule has 7 heteroatoms. The van der Waals surface area contributed by atoms with Gasteiger partial charge in [-0.1, -0.05) is 22.9 Å². The van der Waals surface area contributed by atoms with Gasteiger partial charge in [0.1, 0.15) is 5.75 Å². The minimum absolute atomic E-state index is 0.203. The van der Waals surface area contributed by atoms with Gasteiger partial charge in [0.25, 0.3) is 0 Å². The first kappa shape index (κ1) is 15.5. The van der Waals surface area contributed by atoms with Crippen molar-refractivity contribution < 1.29 is 9.47 Å². The number of halogens is 1. The number of aromatic nitrogens is 3. The molecule has 0 unspecified atom stereocenters. The van der Waals surface area contributed by atoms with Crippen molar-refractivity contribution in [1.82, 2.24) is 15.0 Å². The predicted molar refractivity (Wildman–Crippen MR) is 84.0 cm³/mol. The minimum Gasteiger partial charge on any atom is -0.463 e. The Kier molecular flexibility index (Phi) is 5.74. The van der Waals surface area contributed by atoms with Crippen molar-refractivity contribution in [3.63, 3.8) is 0 Å². The van der Waals surface area contributed by atoms with E-state index in [0.29, 0.717) is 24.8 Å². The average molecular weight is 353 g/mol. The van der Waals surface area contributed by atoms with E-state index in [1.807, 2.05) is 38.1 Å². The van der Waals surface area contributed by atoms with Crippen molar-refractivity contribution in [2.75, 3.05) is 18.5 Å². The Labute approximate surface area is 132 Å². The van der Waals surface area contributed by atoms with Crippen LogP contribution in [0, 0.1) is 0 Å². The molecule has 6 nitrogen and oxygen atoms in total. The second-order valence-corrected chi connectivity index (χ2v) is 5.07. The highest BCUT2D eigenvalue weighted by atomic mass is 79.9. The molecule has 0 radical (unpaired) electrons. The van der Waals surface area contributed by atoms with E-state index >= 15 is 0 Å². The third kappa shape index (κ3) is 4.86. The van der Waals surface area contributed by atoms with Crippen LogP contribution in [0.15, 0.2) is 28.7 Å². The number of anilines is 1. The Morgan fingerprint density at radius 2 is 1.76 bits per heavy atom. The molecule has 112 valence electrons. The smallest absolute Gasteiger partial charge is 0.330 e. The fourth-order valence-electron chi connectivity index (χ4n) is 1.49. The van der Waals surface area contributed by atoms with Crippen molar-refractivity contribution in [2.45, 2.75) is 20.3 Å². The number of benzene rings is 1. The first-order valence-electron chi connectivity index (χ1n) is 6.77. The third-order valence-corrected chi connectivity index (χ3v) is 2.92. The summed E-state index contributed by atoms with van der Waals surface area (Å²) in [6, 6.07) is 7.89. The molecule has 1 aromatic heterocycles. The zero-order chi connectivity index (χ0) is 15.1. The van der Waals surface area contributed by atoms with Crippen LogP contribution in [-0.4, -0.2) is 28.1 Å². The molecule has 0 aliphatic rings. The average Bonchev–Trinajstić information content (AvgIpc) is 2.48. The van der Waals surface area contributed by atoms with Gasteiger partial charge in [0, 0.05) is 11.0 Å². The lowest BCUT2D eigenvalue weighted by atomic mass is 10.3. The lowest BCUT2D eigenvalue weighted by molar-refractivity contribution is 0.285. The van der Waals surface area contributed by atoms with E-state index < -0.39 is 0 Å². The maximum absolute atomic E-state index is 5.64. The van der Waals surface area contributed by atoms with Crippen LogP contribution in [0.4, 0.5) is 5.95 Å². The highest BCUT2D eigenvalue weighted by Gasteiger charge is 2.09. The first-order valence-corrected chi connectivity index (χ1v) is 7.56. The molecule has 21 heavy (non-hydrogen) atoms. The summed E-state index contributed by atoms with van der Waals surface area (Å²) in [4.78, 5) is 12.5. The molecule has 0 fully saturated rings. The molecule has 2 aromatic rings. The molecule has 1 heterocycles. The summed E-state index contributed by atoms with van der Waals surface area (Å²) in [5.74, 6) is 1.08. The van der Waals surface area contributed by atoms with Crippen molar-refractivity contribution in [1.29, 1.82) is 0 Å². The number of ether oxygens (including phenoxy) is 2. The zero-order valence-corrected chi connectivity index (χ0v) is 13.6. The summed E-state index contributed by atoms with van der Waals surface area (Å²) in [6.07, 6.45) is 0.880. The summed E-state index contributed by atoms with van der Waals surface area (Å²) in [6.45, 7) is 5.24. The van der Waals surface area contributed by atoms with E-state index in [2.05, 4.69) is 36.2 Å². The van der Waals surface area contributed by atoms with Gasteiger partial charge in [-0.05, 0) is 37.6 Å². The van der Waals surface area contributed by atoms with E-state index in [0.717, 1.165) is 10.9 Å². The molecule has 1 aromatic carbocycles. The summed E-state index contributed by atoms with van der Waals surface area (Å²) in [7, 11) is 0. The predicted octanol–water partition coefficient (Wildman–Crippen LogP) is 3.65. The summed E-state index contributed by atoms with van der Waals surface area (Å²) < 4.78 is 12.1. The molecule has 0 amide bonds. The Bertz CT molecular complexity index is 578. The lowest BCUT2D eigenvalue weighted by Gasteiger charge is -2.09. The molecule has 0 aliphatic heterocycles. The number of hydrogen-bond donors (Lipinski definition) is 1. The van der Waals surface area contributed by atoms with Crippen molar-refractivity contribution >= 4 is 21.9 Å². The van der Waals surface area contributed by atoms with Crippen LogP contribution in [0.1, 0.15) is 20.3 Å².